The van der Waals surface area contributed by atoms with Gasteiger partial charge in [0, 0.05) is 30.7 Å². The van der Waals surface area contributed by atoms with Crippen LogP contribution in [0.3, 0.4) is 0 Å². The molecule has 1 aliphatic heterocycles. The molecule has 0 radical (unpaired) electrons. The van der Waals surface area contributed by atoms with Crippen molar-refractivity contribution in [2.24, 2.45) is 0 Å². The Bertz CT molecular complexity index is 431. The molecule has 0 amide bonds. The van der Waals surface area contributed by atoms with E-state index in [0.717, 1.165) is 48.4 Å². The molecule has 0 bridgehead atoms. The number of nitrogens with zero attached hydrogens (tertiary/aromatic N) is 3. The summed E-state index contributed by atoms with van der Waals surface area (Å²) in [6, 6.07) is 8.20. The predicted octanol–water partition coefficient (Wildman–Crippen LogP) is 2.46. The number of likely N-dealkylation sites (N-methyl/N-ethyl adjacent to an activating group) is 1. The van der Waals surface area contributed by atoms with E-state index in [0.29, 0.717) is 0 Å². The third-order valence-electron chi connectivity index (χ3n) is 3.24. The van der Waals surface area contributed by atoms with Gasteiger partial charge in [-0.05, 0) is 24.7 Å². The van der Waals surface area contributed by atoms with E-state index in [9.17, 15) is 0 Å². The number of halogens is 1. The Hall–Kier alpha value is -1.05. The molecular formula is C13H16BrN3. The van der Waals surface area contributed by atoms with Gasteiger partial charge in [0.05, 0.1) is 11.3 Å². The van der Waals surface area contributed by atoms with Gasteiger partial charge in [-0.2, -0.15) is 5.26 Å². The highest BCUT2D eigenvalue weighted by molar-refractivity contribution is 9.10. The zero-order valence-electron chi connectivity index (χ0n) is 9.99. The van der Waals surface area contributed by atoms with Crippen LogP contribution in [0.15, 0.2) is 22.7 Å². The van der Waals surface area contributed by atoms with Crippen LogP contribution in [0.25, 0.3) is 0 Å². The van der Waals surface area contributed by atoms with Crippen LogP contribution in [0.4, 0.5) is 5.69 Å². The topological polar surface area (TPSA) is 30.3 Å². The minimum absolute atomic E-state index is 0.754. The quantitative estimate of drug-likeness (QED) is 0.839. The summed E-state index contributed by atoms with van der Waals surface area (Å²) in [6.45, 7) is 7.47. The maximum atomic E-state index is 9.16. The van der Waals surface area contributed by atoms with E-state index in [1.165, 1.54) is 0 Å². The first-order valence-corrected chi connectivity index (χ1v) is 6.71. The van der Waals surface area contributed by atoms with Crippen LogP contribution in [0.2, 0.25) is 0 Å². The lowest BCUT2D eigenvalue weighted by atomic mass is 10.1. The molecule has 1 aromatic carbocycles. The molecule has 0 aliphatic carbocycles. The average Bonchev–Trinajstić information content (AvgIpc) is 2.39. The Morgan fingerprint density at radius 1 is 1.29 bits per heavy atom. The van der Waals surface area contributed by atoms with Gasteiger partial charge in [0.15, 0.2) is 0 Å². The van der Waals surface area contributed by atoms with Crippen molar-refractivity contribution in [2.75, 3.05) is 37.6 Å². The highest BCUT2D eigenvalue weighted by atomic mass is 79.9. The number of anilines is 1. The van der Waals surface area contributed by atoms with Gasteiger partial charge in [0.2, 0.25) is 0 Å². The summed E-state index contributed by atoms with van der Waals surface area (Å²) >= 11 is 3.40. The summed E-state index contributed by atoms with van der Waals surface area (Å²) < 4.78 is 0.963. The van der Waals surface area contributed by atoms with Crippen LogP contribution in [0.5, 0.6) is 0 Å². The van der Waals surface area contributed by atoms with E-state index in [1.807, 2.05) is 18.2 Å². The lowest BCUT2D eigenvalue weighted by Gasteiger charge is -2.35. The first-order chi connectivity index (χ1) is 8.24. The van der Waals surface area contributed by atoms with Gasteiger partial charge in [-0.1, -0.05) is 22.9 Å². The first-order valence-electron chi connectivity index (χ1n) is 5.91. The molecule has 17 heavy (non-hydrogen) atoms. The monoisotopic (exact) mass is 293 g/mol. The molecule has 0 atom stereocenters. The molecule has 0 unspecified atom stereocenters. The Morgan fingerprint density at radius 3 is 2.59 bits per heavy atom. The van der Waals surface area contributed by atoms with Crippen molar-refractivity contribution < 1.29 is 0 Å². The Morgan fingerprint density at radius 2 is 2.00 bits per heavy atom. The zero-order chi connectivity index (χ0) is 12.3. The van der Waals surface area contributed by atoms with Crippen LogP contribution in [-0.4, -0.2) is 37.6 Å². The number of benzene rings is 1. The molecule has 1 heterocycles. The number of nitriles is 1. The average molecular weight is 294 g/mol. The van der Waals surface area contributed by atoms with Gasteiger partial charge < -0.3 is 9.80 Å². The number of hydrogen-bond acceptors (Lipinski definition) is 3. The van der Waals surface area contributed by atoms with Crippen molar-refractivity contribution in [1.82, 2.24) is 4.90 Å². The maximum Gasteiger partial charge on any atom is 0.101 e. The molecule has 2 rings (SSSR count). The molecule has 3 nitrogen and oxygen atoms in total. The van der Waals surface area contributed by atoms with Crippen molar-refractivity contribution in [3.05, 3.63) is 28.2 Å². The van der Waals surface area contributed by atoms with Gasteiger partial charge >= 0.3 is 0 Å². The second-order valence-corrected chi connectivity index (χ2v) is 5.11. The van der Waals surface area contributed by atoms with Crippen molar-refractivity contribution in [2.45, 2.75) is 6.92 Å². The normalized spacial score (nSPS) is 16.9. The fraction of sp³-hybridized carbons (Fsp3) is 0.462. The molecule has 0 spiro atoms. The lowest BCUT2D eigenvalue weighted by Crippen LogP contribution is -2.46. The summed E-state index contributed by atoms with van der Waals surface area (Å²) in [5.41, 5.74) is 1.82. The number of rotatable bonds is 2. The zero-order valence-corrected chi connectivity index (χ0v) is 11.6. The molecule has 0 N–H and O–H groups in total. The van der Waals surface area contributed by atoms with Gasteiger partial charge in [0.25, 0.3) is 0 Å². The second-order valence-electron chi connectivity index (χ2n) is 4.19. The summed E-state index contributed by atoms with van der Waals surface area (Å²) in [5, 5.41) is 9.16. The van der Waals surface area contributed by atoms with Crippen LogP contribution >= 0.6 is 15.9 Å². The van der Waals surface area contributed by atoms with Crippen LogP contribution in [0, 0.1) is 11.3 Å². The highest BCUT2D eigenvalue weighted by Crippen LogP contribution is 2.24. The van der Waals surface area contributed by atoms with Gasteiger partial charge in [-0.25, -0.2) is 0 Å². The lowest BCUT2D eigenvalue weighted by molar-refractivity contribution is 0.271. The predicted molar refractivity (Wildman–Crippen MR) is 73.2 cm³/mol. The SMILES string of the molecule is CCN1CCN(c2ccc(Br)cc2C#N)CC1. The molecule has 1 aromatic rings. The number of piperazine rings is 1. The second kappa shape index (κ2) is 5.52. The Kier molecular flexibility index (Phi) is 4.03. The van der Waals surface area contributed by atoms with E-state index < -0.39 is 0 Å². The third kappa shape index (κ3) is 2.80. The van der Waals surface area contributed by atoms with Crippen molar-refractivity contribution >= 4 is 21.6 Å². The highest BCUT2D eigenvalue weighted by Gasteiger charge is 2.18. The smallest absolute Gasteiger partial charge is 0.101 e. The van der Waals surface area contributed by atoms with Crippen LogP contribution in [-0.2, 0) is 0 Å². The van der Waals surface area contributed by atoms with Crippen LogP contribution in [0.1, 0.15) is 12.5 Å². The first kappa shape index (κ1) is 12.4. The van der Waals surface area contributed by atoms with Crippen molar-refractivity contribution in [3.8, 4) is 6.07 Å². The van der Waals surface area contributed by atoms with Crippen molar-refractivity contribution in [3.63, 3.8) is 0 Å². The minimum atomic E-state index is 0.754. The van der Waals surface area contributed by atoms with E-state index >= 15 is 0 Å². The molecule has 1 aliphatic rings. The third-order valence-corrected chi connectivity index (χ3v) is 3.73. The van der Waals surface area contributed by atoms with E-state index in [-0.39, 0.29) is 0 Å². The maximum absolute atomic E-state index is 9.16. The summed E-state index contributed by atoms with van der Waals surface area (Å²) in [6.07, 6.45) is 0. The molecule has 90 valence electrons. The van der Waals surface area contributed by atoms with E-state index in [4.69, 9.17) is 5.26 Å². The van der Waals surface area contributed by atoms with Gasteiger partial charge in [0.1, 0.15) is 6.07 Å². The molecule has 4 heteroatoms. The van der Waals surface area contributed by atoms with Crippen LogP contribution < -0.4 is 4.90 Å². The summed E-state index contributed by atoms with van der Waals surface area (Å²) in [7, 11) is 0. The number of hydrogen-bond donors (Lipinski definition) is 0. The van der Waals surface area contributed by atoms with E-state index in [1.54, 1.807) is 0 Å². The minimum Gasteiger partial charge on any atom is -0.368 e. The fourth-order valence-electron chi connectivity index (χ4n) is 2.18. The molecule has 1 fully saturated rings. The van der Waals surface area contributed by atoms with Crippen molar-refractivity contribution in [1.29, 1.82) is 5.26 Å². The van der Waals surface area contributed by atoms with E-state index in [2.05, 4.69) is 38.7 Å². The standard InChI is InChI=1S/C13H16BrN3/c1-2-16-5-7-17(8-6-16)13-4-3-12(14)9-11(13)10-15/h3-4,9H,2,5-8H2,1H3. The summed E-state index contributed by atoms with van der Waals surface area (Å²) in [5.74, 6) is 0. The van der Waals surface area contributed by atoms with Gasteiger partial charge in [-0.15, -0.1) is 0 Å². The largest absolute Gasteiger partial charge is 0.368 e. The van der Waals surface area contributed by atoms with Gasteiger partial charge in [-0.3, -0.25) is 0 Å². The Balaban J connectivity index is 2.16. The molecular weight excluding hydrogens is 278 g/mol. The molecule has 0 aromatic heterocycles. The molecule has 1 saturated heterocycles. The molecule has 0 saturated carbocycles. The Labute approximate surface area is 111 Å². The summed E-state index contributed by atoms with van der Waals surface area (Å²) in [4.78, 5) is 4.73. The fourth-order valence-corrected chi connectivity index (χ4v) is 2.54.